The van der Waals surface area contributed by atoms with E-state index in [9.17, 15) is 4.79 Å². The lowest BCUT2D eigenvalue weighted by Gasteiger charge is -2.15. The number of halogens is 1. The van der Waals surface area contributed by atoms with Gasteiger partial charge in [-0.05, 0) is 13.0 Å². The Labute approximate surface area is 143 Å². The maximum absolute atomic E-state index is 13.0. The van der Waals surface area contributed by atoms with E-state index >= 15 is 0 Å². The van der Waals surface area contributed by atoms with Gasteiger partial charge in [-0.3, -0.25) is 4.79 Å². The van der Waals surface area contributed by atoms with Gasteiger partial charge in [0.15, 0.2) is 0 Å². The highest BCUT2D eigenvalue weighted by Crippen LogP contribution is 2.33. The molecule has 0 radical (unpaired) electrons. The quantitative estimate of drug-likeness (QED) is 0.716. The van der Waals surface area contributed by atoms with Crippen LogP contribution in [0.1, 0.15) is 27.4 Å². The first-order valence-corrected chi connectivity index (χ1v) is 7.81. The van der Waals surface area contributed by atoms with Crippen LogP contribution in [0.15, 0.2) is 41.3 Å². The fraction of sp³-hybridized carbons (Fsp3) is 0.176. The van der Waals surface area contributed by atoms with Crippen molar-refractivity contribution in [2.24, 2.45) is 0 Å². The van der Waals surface area contributed by atoms with E-state index in [1.54, 1.807) is 24.1 Å². The molecule has 1 aliphatic rings. The summed E-state index contributed by atoms with van der Waals surface area (Å²) in [6.07, 6.45) is 3.23. The fourth-order valence-corrected chi connectivity index (χ4v) is 3.09. The first kappa shape index (κ1) is 14.8. The number of rotatable bonds is 2. The highest BCUT2D eigenvalue weighted by atomic mass is 35.5. The minimum absolute atomic E-state index is 0.151. The third-order valence-electron chi connectivity index (χ3n) is 4.08. The number of fused-ring (bicyclic) bond motifs is 1. The molecule has 2 aromatic heterocycles. The molecule has 4 rings (SSSR count). The Morgan fingerprint density at radius 1 is 1.29 bits per heavy atom. The van der Waals surface area contributed by atoms with Crippen LogP contribution in [-0.2, 0) is 13.1 Å². The summed E-state index contributed by atoms with van der Waals surface area (Å²) in [6, 6.07) is 7.26. The maximum Gasteiger partial charge on any atom is 0.260 e. The molecule has 0 fully saturated rings. The second kappa shape index (κ2) is 5.72. The van der Waals surface area contributed by atoms with Gasteiger partial charge in [-0.25, -0.2) is 9.97 Å². The molecule has 3 aromatic rings. The Hall–Kier alpha value is -2.73. The minimum Gasteiger partial charge on any atom is -0.360 e. The molecule has 7 heteroatoms. The molecule has 0 saturated heterocycles. The fourth-order valence-electron chi connectivity index (χ4n) is 2.86. The molecule has 6 nitrogen and oxygen atoms in total. The monoisotopic (exact) mass is 340 g/mol. The van der Waals surface area contributed by atoms with E-state index in [2.05, 4.69) is 15.1 Å². The number of hydrogen-bond acceptors (Lipinski definition) is 5. The number of aromatic nitrogens is 3. The van der Waals surface area contributed by atoms with Crippen LogP contribution in [0.4, 0.5) is 0 Å². The van der Waals surface area contributed by atoms with Gasteiger partial charge in [0.05, 0.1) is 17.3 Å². The van der Waals surface area contributed by atoms with E-state index in [4.69, 9.17) is 16.1 Å². The zero-order valence-electron chi connectivity index (χ0n) is 12.9. The number of carbonyl (C=O) groups is 1. The van der Waals surface area contributed by atoms with Crippen molar-refractivity contribution in [1.29, 1.82) is 0 Å². The summed E-state index contributed by atoms with van der Waals surface area (Å²) < 4.78 is 5.28. The SMILES string of the molecule is Cc1onc(-c2ccccc2Cl)c1C(=O)N1Cc2cncnc2C1. The summed E-state index contributed by atoms with van der Waals surface area (Å²) in [7, 11) is 0. The van der Waals surface area contributed by atoms with Crippen LogP contribution < -0.4 is 0 Å². The molecule has 0 N–H and O–H groups in total. The van der Waals surface area contributed by atoms with Gasteiger partial charge >= 0.3 is 0 Å². The summed E-state index contributed by atoms with van der Waals surface area (Å²) in [5.41, 5.74) is 3.40. The number of aryl methyl sites for hydroxylation is 1. The third kappa shape index (κ3) is 2.35. The van der Waals surface area contributed by atoms with Crippen molar-refractivity contribution in [2.45, 2.75) is 20.0 Å². The van der Waals surface area contributed by atoms with Crippen molar-refractivity contribution >= 4 is 17.5 Å². The summed E-state index contributed by atoms with van der Waals surface area (Å²) >= 11 is 6.25. The minimum atomic E-state index is -0.151. The topological polar surface area (TPSA) is 72.1 Å². The van der Waals surface area contributed by atoms with Gasteiger partial charge in [0.25, 0.3) is 5.91 Å². The van der Waals surface area contributed by atoms with Crippen LogP contribution in [0.25, 0.3) is 11.3 Å². The van der Waals surface area contributed by atoms with Gasteiger partial charge in [-0.15, -0.1) is 0 Å². The highest BCUT2D eigenvalue weighted by Gasteiger charge is 2.31. The van der Waals surface area contributed by atoms with E-state index in [0.29, 0.717) is 40.7 Å². The van der Waals surface area contributed by atoms with E-state index < -0.39 is 0 Å². The van der Waals surface area contributed by atoms with Crippen LogP contribution in [0, 0.1) is 6.92 Å². The van der Waals surface area contributed by atoms with Crippen LogP contribution in [0.2, 0.25) is 5.02 Å². The Kier molecular flexibility index (Phi) is 3.54. The van der Waals surface area contributed by atoms with Crippen molar-refractivity contribution in [3.05, 3.63) is 64.4 Å². The molecule has 24 heavy (non-hydrogen) atoms. The molecule has 1 aromatic carbocycles. The summed E-state index contributed by atoms with van der Waals surface area (Å²) in [6.45, 7) is 2.65. The molecule has 1 aliphatic heterocycles. The largest absolute Gasteiger partial charge is 0.360 e. The molecule has 120 valence electrons. The molecule has 0 spiro atoms. The zero-order chi connectivity index (χ0) is 16.7. The van der Waals surface area contributed by atoms with Crippen molar-refractivity contribution in [3.8, 4) is 11.3 Å². The first-order valence-electron chi connectivity index (χ1n) is 7.43. The number of amides is 1. The molecule has 0 bridgehead atoms. The van der Waals surface area contributed by atoms with Gasteiger partial charge in [0, 0.05) is 23.9 Å². The van der Waals surface area contributed by atoms with Crippen LogP contribution in [0.5, 0.6) is 0 Å². The van der Waals surface area contributed by atoms with Crippen molar-refractivity contribution in [3.63, 3.8) is 0 Å². The summed E-state index contributed by atoms with van der Waals surface area (Å²) in [5.74, 6) is 0.318. The first-order chi connectivity index (χ1) is 11.6. The molecule has 0 atom stereocenters. The molecule has 0 aliphatic carbocycles. The van der Waals surface area contributed by atoms with Crippen molar-refractivity contribution < 1.29 is 9.32 Å². The second-order valence-corrected chi connectivity index (χ2v) is 6.01. The average molecular weight is 341 g/mol. The predicted molar refractivity (Wildman–Crippen MR) is 87.3 cm³/mol. The molecular weight excluding hydrogens is 328 g/mol. The molecule has 3 heterocycles. The van der Waals surface area contributed by atoms with Crippen molar-refractivity contribution in [2.75, 3.05) is 0 Å². The van der Waals surface area contributed by atoms with E-state index in [1.807, 2.05) is 18.2 Å². The predicted octanol–water partition coefficient (Wildman–Crippen LogP) is 3.25. The summed E-state index contributed by atoms with van der Waals surface area (Å²) in [4.78, 5) is 23.0. The lowest BCUT2D eigenvalue weighted by Crippen LogP contribution is -2.26. The van der Waals surface area contributed by atoms with Gasteiger partial charge < -0.3 is 9.42 Å². The van der Waals surface area contributed by atoms with Gasteiger partial charge in [0.2, 0.25) is 0 Å². The van der Waals surface area contributed by atoms with E-state index in [0.717, 1.165) is 11.3 Å². The normalized spacial score (nSPS) is 13.2. The van der Waals surface area contributed by atoms with Gasteiger partial charge in [-0.1, -0.05) is 35.0 Å². The second-order valence-electron chi connectivity index (χ2n) is 5.60. The van der Waals surface area contributed by atoms with Crippen LogP contribution in [-0.4, -0.2) is 25.9 Å². The summed E-state index contributed by atoms with van der Waals surface area (Å²) in [5, 5.41) is 4.58. The number of nitrogens with zero attached hydrogens (tertiary/aromatic N) is 4. The highest BCUT2D eigenvalue weighted by molar-refractivity contribution is 6.33. The van der Waals surface area contributed by atoms with E-state index in [-0.39, 0.29) is 5.91 Å². The number of carbonyl (C=O) groups excluding carboxylic acids is 1. The van der Waals surface area contributed by atoms with Crippen LogP contribution in [0.3, 0.4) is 0 Å². The van der Waals surface area contributed by atoms with E-state index in [1.165, 1.54) is 6.33 Å². The van der Waals surface area contributed by atoms with Crippen molar-refractivity contribution in [1.82, 2.24) is 20.0 Å². The molecule has 0 saturated carbocycles. The Balaban J connectivity index is 1.72. The Bertz CT molecular complexity index is 913. The third-order valence-corrected chi connectivity index (χ3v) is 4.41. The number of hydrogen-bond donors (Lipinski definition) is 0. The maximum atomic E-state index is 13.0. The average Bonchev–Trinajstić information content (AvgIpc) is 3.18. The Morgan fingerprint density at radius 3 is 2.92 bits per heavy atom. The van der Waals surface area contributed by atoms with Gasteiger partial charge in [-0.2, -0.15) is 0 Å². The number of benzene rings is 1. The smallest absolute Gasteiger partial charge is 0.260 e. The lowest BCUT2D eigenvalue weighted by atomic mass is 10.1. The zero-order valence-corrected chi connectivity index (χ0v) is 13.6. The molecular formula is C17H13ClN4O2. The molecule has 1 amide bonds. The lowest BCUT2D eigenvalue weighted by molar-refractivity contribution is 0.0749. The van der Waals surface area contributed by atoms with Gasteiger partial charge in [0.1, 0.15) is 23.3 Å². The standard InChI is InChI=1S/C17H13ClN4O2/c1-10-15(16(21-24-10)12-4-2-3-5-13(12)18)17(23)22-7-11-6-19-9-20-14(11)8-22/h2-6,9H,7-8H2,1H3. The van der Waals surface area contributed by atoms with Crippen LogP contribution >= 0.6 is 11.6 Å². The molecule has 0 unspecified atom stereocenters. The Morgan fingerprint density at radius 2 is 2.12 bits per heavy atom.